The summed E-state index contributed by atoms with van der Waals surface area (Å²) in [6.07, 6.45) is 0. The fraction of sp³-hybridized carbons (Fsp3) is 0.625. The second kappa shape index (κ2) is 5.62. The zero-order chi connectivity index (χ0) is 13.0. The van der Waals surface area contributed by atoms with Gasteiger partial charge in [0.15, 0.2) is 0 Å². The van der Waals surface area contributed by atoms with Crippen LogP contribution in [-0.4, -0.2) is 61.4 Å². The first-order chi connectivity index (χ1) is 7.91. The van der Waals surface area contributed by atoms with Crippen LogP contribution >= 0.6 is 11.8 Å². The molecule has 17 heavy (non-hydrogen) atoms. The van der Waals surface area contributed by atoms with Crippen molar-refractivity contribution in [1.82, 2.24) is 25.1 Å². The fourth-order valence-electron chi connectivity index (χ4n) is 1.08. The maximum atomic E-state index is 11.6. The number of nitrogens with zero attached hydrogens (tertiary/aromatic N) is 5. The van der Waals surface area contributed by atoms with E-state index < -0.39 is 5.97 Å². The van der Waals surface area contributed by atoms with Gasteiger partial charge in [-0.15, -0.1) is 5.10 Å². The average molecular weight is 259 g/mol. The van der Waals surface area contributed by atoms with Gasteiger partial charge in [0, 0.05) is 14.1 Å². The Balaban J connectivity index is 2.71. The first-order valence-electron chi connectivity index (χ1n) is 4.77. The molecule has 0 saturated heterocycles. The molecule has 8 nitrogen and oxygen atoms in total. The molecule has 1 aromatic rings. The summed E-state index contributed by atoms with van der Waals surface area (Å²) >= 11 is 1.13. The van der Waals surface area contributed by atoms with Gasteiger partial charge in [0.2, 0.25) is 11.1 Å². The highest BCUT2D eigenvalue weighted by Gasteiger charge is 2.20. The lowest BCUT2D eigenvalue weighted by Crippen LogP contribution is -2.30. The van der Waals surface area contributed by atoms with Gasteiger partial charge >= 0.3 is 5.97 Å². The SMILES string of the molecule is CC(Sc1nnnn1CC(=O)O)C(=O)N(C)C. The van der Waals surface area contributed by atoms with Gasteiger partial charge in [-0.2, -0.15) is 0 Å². The van der Waals surface area contributed by atoms with Crippen molar-refractivity contribution in [2.75, 3.05) is 14.1 Å². The van der Waals surface area contributed by atoms with Gasteiger partial charge in [-0.05, 0) is 17.4 Å². The van der Waals surface area contributed by atoms with Gasteiger partial charge < -0.3 is 10.0 Å². The van der Waals surface area contributed by atoms with Crippen molar-refractivity contribution < 1.29 is 14.7 Å². The highest BCUT2D eigenvalue weighted by molar-refractivity contribution is 8.00. The summed E-state index contributed by atoms with van der Waals surface area (Å²) < 4.78 is 1.15. The number of carboxylic acid groups (broad SMARTS) is 1. The monoisotopic (exact) mass is 259 g/mol. The van der Waals surface area contributed by atoms with E-state index in [0.717, 1.165) is 16.4 Å². The summed E-state index contributed by atoms with van der Waals surface area (Å²) in [5.41, 5.74) is 0. The quantitative estimate of drug-likeness (QED) is 0.699. The van der Waals surface area contributed by atoms with E-state index in [2.05, 4.69) is 15.5 Å². The number of carboxylic acids is 1. The molecule has 0 aliphatic heterocycles. The third-order valence-electron chi connectivity index (χ3n) is 1.85. The minimum Gasteiger partial charge on any atom is -0.480 e. The molecule has 1 N–H and O–H groups in total. The maximum Gasteiger partial charge on any atom is 0.325 e. The summed E-state index contributed by atoms with van der Waals surface area (Å²) in [5, 5.41) is 19.2. The third kappa shape index (κ3) is 3.70. The van der Waals surface area contributed by atoms with E-state index in [0.29, 0.717) is 5.16 Å². The van der Waals surface area contributed by atoms with Crippen molar-refractivity contribution in [3.05, 3.63) is 0 Å². The molecule has 0 fully saturated rings. The molecule has 1 rings (SSSR count). The van der Waals surface area contributed by atoms with Crippen molar-refractivity contribution in [1.29, 1.82) is 0 Å². The Morgan fingerprint density at radius 2 is 2.18 bits per heavy atom. The second-order valence-electron chi connectivity index (χ2n) is 3.51. The topological polar surface area (TPSA) is 101 Å². The molecule has 1 amide bonds. The van der Waals surface area contributed by atoms with Gasteiger partial charge in [0.05, 0.1) is 5.25 Å². The Morgan fingerprint density at radius 1 is 1.53 bits per heavy atom. The zero-order valence-corrected chi connectivity index (χ0v) is 10.5. The van der Waals surface area contributed by atoms with E-state index in [-0.39, 0.29) is 17.7 Å². The van der Waals surface area contributed by atoms with E-state index in [1.54, 1.807) is 21.0 Å². The van der Waals surface area contributed by atoms with Crippen molar-refractivity contribution in [2.45, 2.75) is 23.9 Å². The van der Waals surface area contributed by atoms with E-state index in [1.807, 2.05) is 0 Å². The Morgan fingerprint density at radius 3 is 2.71 bits per heavy atom. The first-order valence-corrected chi connectivity index (χ1v) is 5.65. The molecular formula is C8H13N5O3S. The Bertz CT molecular complexity index is 419. The Labute approximate surface area is 102 Å². The minimum absolute atomic E-state index is 0.0834. The molecule has 0 aromatic carbocycles. The minimum atomic E-state index is -1.04. The first kappa shape index (κ1) is 13.4. The van der Waals surface area contributed by atoms with E-state index in [9.17, 15) is 9.59 Å². The number of thioether (sulfide) groups is 1. The van der Waals surface area contributed by atoms with Crippen LogP contribution < -0.4 is 0 Å². The highest BCUT2D eigenvalue weighted by atomic mass is 32.2. The molecule has 1 unspecified atom stereocenters. The number of tetrazole rings is 1. The van der Waals surface area contributed by atoms with Crippen molar-refractivity contribution in [3.63, 3.8) is 0 Å². The third-order valence-corrected chi connectivity index (χ3v) is 2.91. The predicted molar refractivity (Wildman–Crippen MR) is 59.5 cm³/mol. The molecule has 1 aromatic heterocycles. The predicted octanol–water partition coefficient (Wildman–Crippen LogP) is -0.673. The van der Waals surface area contributed by atoms with Gasteiger partial charge in [0.25, 0.3) is 0 Å². The molecular weight excluding hydrogens is 246 g/mol. The molecule has 0 aliphatic carbocycles. The molecule has 0 spiro atoms. The van der Waals surface area contributed by atoms with Crippen LogP contribution in [0.1, 0.15) is 6.92 Å². The van der Waals surface area contributed by atoms with Gasteiger partial charge in [-0.3, -0.25) is 9.59 Å². The van der Waals surface area contributed by atoms with Crippen LogP contribution in [0.15, 0.2) is 5.16 Å². The standard InChI is InChI=1S/C8H13N5O3S/c1-5(7(16)12(2)3)17-8-9-10-11-13(8)4-6(14)15/h5H,4H2,1-3H3,(H,14,15). The van der Waals surface area contributed by atoms with Crippen LogP contribution in [0.2, 0.25) is 0 Å². The van der Waals surface area contributed by atoms with Crippen LogP contribution in [0.5, 0.6) is 0 Å². The zero-order valence-electron chi connectivity index (χ0n) is 9.69. The molecule has 1 atom stereocenters. The van der Waals surface area contributed by atoms with Gasteiger partial charge in [-0.1, -0.05) is 11.8 Å². The fourth-order valence-corrected chi connectivity index (χ4v) is 2.01. The largest absolute Gasteiger partial charge is 0.480 e. The number of amides is 1. The van der Waals surface area contributed by atoms with E-state index in [1.165, 1.54) is 4.90 Å². The summed E-state index contributed by atoms with van der Waals surface area (Å²) in [7, 11) is 3.30. The van der Waals surface area contributed by atoms with Crippen LogP contribution in [0.4, 0.5) is 0 Å². The van der Waals surface area contributed by atoms with Crippen molar-refractivity contribution in [2.24, 2.45) is 0 Å². The summed E-state index contributed by atoms with van der Waals surface area (Å²) in [6.45, 7) is 1.39. The summed E-state index contributed by atoms with van der Waals surface area (Å²) in [5.74, 6) is -1.12. The second-order valence-corrected chi connectivity index (χ2v) is 4.81. The van der Waals surface area contributed by atoms with Crippen LogP contribution in [-0.2, 0) is 16.1 Å². The molecule has 0 bridgehead atoms. The highest BCUT2D eigenvalue weighted by Crippen LogP contribution is 2.20. The Kier molecular flexibility index (Phi) is 4.44. The lowest BCUT2D eigenvalue weighted by Gasteiger charge is -2.15. The lowest BCUT2D eigenvalue weighted by molar-refractivity contribution is -0.138. The van der Waals surface area contributed by atoms with Gasteiger partial charge in [0.1, 0.15) is 6.54 Å². The van der Waals surface area contributed by atoms with Gasteiger partial charge in [-0.25, -0.2) is 4.68 Å². The normalized spacial score (nSPS) is 12.2. The van der Waals surface area contributed by atoms with Crippen molar-refractivity contribution in [3.8, 4) is 0 Å². The average Bonchev–Trinajstić information content (AvgIpc) is 2.63. The number of carbonyl (C=O) groups is 2. The molecule has 0 aliphatic rings. The van der Waals surface area contributed by atoms with E-state index in [4.69, 9.17) is 5.11 Å². The van der Waals surface area contributed by atoms with E-state index >= 15 is 0 Å². The number of aliphatic carboxylic acids is 1. The molecule has 9 heteroatoms. The molecule has 0 saturated carbocycles. The van der Waals surface area contributed by atoms with Crippen LogP contribution in [0.3, 0.4) is 0 Å². The molecule has 94 valence electrons. The Hall–Kier alpha value is -1.64. The van der Waals surface area contributed by atoms with Crippen LogP contribution in [0.25, 0.3) is 0 Å². The number of carbonyl (C=O) groups excluding carboxylic acids is 1. The maximum absolute atomic E-state index is 11.6. The number of rotatable bonds is 5. The number of hydrogen-bond acceptors (Lipinski definition) is 6. The smallest absolute Gasteiger partial charge is 0.325 e. The summed E-state index contributed by atoms with van der Waals surface area (Å²) in [6, 6.07) is 0. The van der Waals surface area contributed by atoms with Crippen molar-refractivity contribution >= 4 is 23.6 Å². The van der Waals surface area contributed by atoms with Crippen LogP contribution in [0, 0.1) is 0 Å². The number of hydrogen-bond donors (Lipinski definition) is 1. The lowest BCUT2D eigenvalue weighted by atomic mass is 10.4. The summed E-state index contributed by atoms with van der Waals surface area (Å²) in [4.78, 5) is 23.6. The number of aromatic nitrogens is 4. The molecule has 1 heterocycles. The molecule has 0 radical (unpaired) electrons.